The Bertz CT molecular complexity index is 916. The van der Waals surface area contributed by atoms with E-state index in [9.17, 15) is 9.90 Å². The second-order valence-electron chi connectivity index (χ2n) is 8.91. The number of carboxylic acid groups (broad SMARTS) is 1. The lowest BCUT2D eigenvalue weighted by atomic mass is 9.62. The minimum Gasteiger partial charge on any atom is -0.507 e. The van der Waals surface area contributed by atoms with Gasteiger partial charge in [-0.3, -0.25) is 0 Å². The van der Waals surface area contributed by atoms with E-state index in [1.54, 1.807) is 24.3 Å². The molecule has 142 valence electrons. The summed E-state index contributed by atoms with van der Waals surface area (Å²) in [7, 11) is 0. The average molecular weight is 364 g/mol. The quantitative estimate of drug-likeness (QED) is 0.665. The van der Waals surface area contributed by atoms with Crippen molar-refractivity contribution in [2.75, 3.05) is 0 Å². The van der Waals surface area contributed by atoms with Crippen molar-refractivity contribution in [3.05, 3.63) is 63.7 Å². The van der Waals surface area contributed by atoms with Gasteiger partial charge in [0.15, 0.2) is 0 Å². The van der Waals surface area contributed by atoms with Crippen LogP contribution in [0.25, 0.3) is 12.2 Å². The molecule has 1 aliphatic carbocycles. The van der Waals surface area contributed by atoms with Crippen LogP contribution in [0, 0.1) is 6.92 Å². The third-order valence-electron chi connectivity index (χ3n) is 5.93. The first-order valence-electron chi connectivity index (χ1n) is 9.42. The maximum atomic E-state index is 11.1. The van der Waals surface area contributed by atoms with Gasteiger partial charge >= 0.3 is 5.97 Å². The van der Waals surface area contributed by atoms with Crippen LogP contribution < -0.4 is 0 Å². The summed E-state index contributed by atoms with van der Waals surface area (Å²) in [4.78, 5) is 11.0. The number of aromatic carboxylic acids is 1. The molecule has 0 aromatic heterocycles. The van der Waals surface area contributed by atoms with Crippen molar-refractivity contribution in [1.82, 2.24) is 0 Å². The molecular formula is C24H28O3. The number of aryl methyl sites for hydroxylation is 1. The Labute approximate surface area is 161 Å². The molecule has 0 saturated carbocycles. The van der Waals surface area contributed by atoms with Crippen LogP contribution in [0.3, 0.4) is 0 Å². The Morgan fingerprint density at radius 2 is 1.59 bits per heavy atom. The third kappa shape index (κ3) is 3.51. The van der Waals surface area contributed by atoms with E-state index in [4.69, 9.17) is 5.11 Å². The van der Waals surface area contributed by atoms with Crippen LogP contribution in [0.2, 0.25) is 0 Å². The molecule has 27 heavy (non-hydrogen) atoms. The fraction of sp³-hybridized carbons (Fsp3) is 0.375. The highest BCUT2D eigenvalue weighted by Crippen LogP contribution is 2.51. The number of phenols is 1. The summed E-state index contributed by atoms with van der Waals surface area (Å²) >= 11 is 0. The van der Waals surface area contributed by atoms with E-state index in [2.05, 4.69) is 33.8 Å². The number of aromatic hydroxyl groups is 1. The van der Waals surface area contributed by atoms with E-state index in [0.717, 1.165) is 35.1 Å². The molecule has 0 unspecified atom stereocenters. The first kappa shape index (κ1) is 19.2. The van der Waals surface area contributed by atoms with E-state index in [1.165, 1.54) is 5.56 Å². The smallest absolute Gasteiger partial charge is 0.335 e. The molecule has 0 radical (unpaired) electrons. The van der Waals surface area contributed by atoms with Gasteiger partial charge in [0.2, 0.25) is 0 Å². The van der Waals surface area contributed by atoms with Crippen molar-refractivity contribution in [2.24, 2.45) is 0 Å². The minimum absolute atomic E-state index is 0.0575. The lowest BCUT2D eigenvalue weighted by Gasteiger charge is -2.42. The summed E-state index contributed by atoms with van der Waals surface area (Å²) in [5, 5.41) is 20.2. The van der Waals surface area contributed by atoms with E-state index < -0.39 is 5.97 Å². The van der Waals surface area contributed by atoms with Crippen molar-refractivity contribution in [1.29, 1.82) is 0 Å². The second-order valence-corrected chi connectivity index (χ2v) is 8.91. The zero-order valence-corrected chi connectivity index (χ0v) is 16.8. The van der Waals surface area contributed by atoms with Gasteiger partial charge in [-0.15, -0.1) is 0 Å². The maximum Gasteiger partial charge on any atom is 0.335 e. The molecule has 0 fully saturated rings. The number of rotatable bonds is 3. The Hall–Kier alpha value is -2.55. The molecule has 0 aliphatic heterocycles. The lowest BCUT2D eigenvalue weighted by molar-refractivity contribution is 0.0697. The molecule has 2 aromatic rings. The fourth-order valence-electron chi connectivity index (χ4n) is 4.05. The summed E-state index contributed by atoms with van der Waals surface area (Å²) in [5.74, 6) is -0.556. The number of carboxylic acids is 1. The molecule has 3 heteroatoms. The van der Waals surface area contributed by atoms with Gasteiger partial charge in [-0.2, -0.15) is 0 Å². The Morgan fingerprint density at radius 3 is 2.19 bits per heavy atom. The van der Waals surface area contributed by atoms with E-state index in [0.29, 0.717) is 5.75 Å². The van der Waals surface area contributed by atoms with Gasteiger partial charge in [0.1, 0.15) is 5.75 Å². The molecule has 3 nitrogen and oxygen atoms in total. The fourth-order valence-corrected chi connectivity index (χ4v) is 4.05. The van der Waals surface area contributed by atoms with Crippen LogP contribution >= 0.6 is 0 Å². The molecule has 0 heterocycles. The molecule has 3 rings (SSSR count). The number of fused-ring (bicyclic) bond motifs is 1. The Morgan fingerprint density at radius 1 is 1.00 bits per heavy atom. The van der Waals surface area contributed by atoms with E-state index in [1.807, 2.05) is 19.1 Å². The number of benzene rings is 2. The SMILES string of the molecule is Cc1cc2c(c(O)c1C=Cc1ccc(C(=O)O)cc1)C(C)(C)CCC2(C)C. The standard InChI is InChI=1S/C24H28O3/c1-15-14-19-20(24(4,5)13-12-23(19,2)3)21(25)18(15)11-8-16-6-9-17(10-7-16)22(26)27/h6-11,14,25H,12-13H2,1-5H3,(H,26,27). The Kier molecular flexibility index (Phi) is 4.67. The number of phenolic OH excluding ortho intramolecular Hbond substituents is 1. The highest BCUT2D eigenvalue weighted by Gasteiger charge is 2.39. The number of hydrogen-bond donors (Lipinski definition) is 2. The average Bonchev–Trinajstić information content (AvgIpc) is 2.58. The molecule has 0 spiro atoms. The van der Waals surface area contributed by atoms with Crippen molar-refractivity contribution in [2.45, 2.75) is 58.3 Å². The van der Waals surface area contributed by atoms with Crippen molar-refractivity contribution in [3.8, 4) is 5.75 Å². The molecule has 0 atom stereocenters. The van der Waals surface area contributed by atoms with Gasteiger partial charge in [0, 0.05) is 11.1 Å². The molecule has 1 aliphatic rings. The summed E-state index contributed by atoms with van der Waals surface area (Å²) in [6.07, 6.45) is 6.00. The molecule has 2 N–H and O–H groups in total. The van der Waals surface area contributed by atoms with Gasteiger partial charge in [-0.1, -0.05) is 58.0 Å². The number of hydrogen-bond acceptors (Lipinski definition) is 2. The van der Waals surface area contributed by atoms with Crippen molar-refractivity contribution in [3.63, 3.8) is 0 Å². The van der Waals surface area contributed by atoms with Gasteiger partial charge in [0.25, 0.3) is 0 Å². The molecule has 2 aromatic carbocycles. The molecule has 0 saturated heterocycles. The highest BCUT2D eigenvalue weighted by atomic mass is 16.4. The van der Waals surface area contributed by atoms with Gasteiger partial charge in [0.05, 0.1) is 5.56 Å². The van der Waals surface area contributed by atoms with E-state index >= 15 is 0 Å². The van der Waals surface area contributed by atoms with Gasteiger partial charge in [-0.25, -0.2) is 4.79 Å². The zero-order chi connectivity index (χ0) is 20.0. The summed E-state index contributed by atoms with van der Waals surface area (Å²) < 4.78 is 0. The second kappa shape index (κ2) is 6.56. The van der Waals surface area contributed by atoms with Gasteiger partial charge < -0.3 is 10.2 Å². The largest absolute Gasteiger partial charge is 0.507 e. The van der Waals surface area contributed by atoms with Crippen molar-refractivity contribution < 1.29 is 15.0 Å². The first-order valence-corrected chi connectivity index (χ1v) is 9.42. The van der Waals surface area contributed by atoms with Crippen molar-refractivity contribution >= 4 is 18.1 Å². The maximum absolute atomic E-state index is 11.1. The molecule has 0 bridgehead atoms. The highest BCUT2D eigenvalue weighted by molar-refractivity contribution is 5.88. The third-order valence-corrected chi connectivity index (χ3v) is 5.93. The van der Waals surface area contributed by atoms with Crippen LogP contribution in [-0.2, 0) is 10.8 Å². The molecular weight excluding hydrogens is 336 g/mol. The lowest BCUT2D eigenvalue weighted by Crippen LogP contribution is -2.34. The van der Waals surface area contributed by atoms with Crippen LogP contribution in [-0.4, -0.2) is 16.2 Å². The minimum atomic E-state index is -0.932. The zero-order valence-electron chi connectivity index (χ0n) is 16.8. The Balaban J connectivity index is 2.06. The first-order chi connectivity index (χ1) is 12.5. The van der Waals surface area contributed by atoms with Crippen LogP contribution in [0.4, 0.5) is 0 Å². The normalized spacial score (nSPS) is 17.7. The van der Waals surface area contributed by atoms with Gasteiger partial charge in [-0.05, 0) is 59.4 Å². The van der Waals surface area contributed by atoms with Crippen LogP contribution in [0.1, 0.15) is 78.7 Å². The van der Waals surface area contributed by atoms with E-state index in [-0.39, 0.29) is 16.4 Å². The summed E-state index contributed by atoms with van der Waals surface area (Å²) in [5.41, 5.74) is 5.36. The monoisotopic (exact) mass is 364 g/mol. The van der Waals surface area contributed by atoms with Crippen LogP contribution in [0.5, 0.6) is 5.75 Å². The van der Waals surface area contributed by atoms with Crippen LogP contribution in [0.15, 0.2) is 30.3 Å². The number of carbonyl (C=O) groups is 1. The summed E-state index contributed by atoms with van der Waals surface area (Å²) in [6, 6.07) is 8.96. The summed E-state index contributed by atoms with van der Waals surface area (Å²) in [6.45, 7) is 10.9. The predicted molar refractivity (Wildman–Crippen MR) is 110 cm³/mol. The predicted octanol–water partition coefficient (Wildman–Crippen LogP) is 5.92. The molecule has 0 amide bonds. The topological polar surface area (TPSA) is 57.5 Å².